The van der Waals surface area contributed by atoms with Gasteiger partial charge in [0.1, 0.15) is 6.54 Å². The van der Waals surface area contributed by atoms with Gasteiger partial charge in [-0.15, -0.1) is 11.8 Å². The van der Waals surface area contributed by atoms with Crippen LogP contribution < -0.4 is 0 Å². The molecule has 1 heterocycles. The molecule has 0 bridgehead atoms. The second-order valence-corrected chi connectivity index (χ2v) is 7.88. The number of benzene rings is 1. The molecule has 0 N–H and O–H groups in total. The summed E-state index contributed by atoms with van der Waals surface area (Å²) < 4.78 is 1.21. The van der Waals surface area contributed by atoms with E-state index in [4.69, 9.17) is 0 Å². The number of thioether (sulfide) groups is 1. The van der Waals surface area contributed by atoms with Crippen molar-refractivity contribution in [1.82, 2.24) is 0 Å². The van der Waals surface area contributed by atoms with Crippen molar-refractivity contribution in [2.24, 2.45) is 0 Å². The van der Waals surface area contributed by atoms with E-state index in [2.05, 4.69) is 70.4 Å². The molecular formula is C21H32NS+. The zero-order valence-electron chi connectivity index (χ0n) is 15.4. The first kappa shape index (κ1) is 18.4. The van der Waals surface area contributed by atoms with Crippen molar-refractivity contribution in [2.75, 3.05) is 26.2 Å². The fourth-order valence-corrected chi connectivity index (χ4v) is 4.61. The molecule has 1 nitrogen and oxygen atoms in total. The Hall–Kier alpha value is -0.990. The average molecular weight is 331 g/mol. The Balaban J connectivity index is 2.14. The Bertz CT molecular complexity index is 573. The second kappa shape index (κ2) is 8.21. The SMILES string of the molecule is CC[N+](CC)(CC)C/C(C)=C(/C)CC1SC=Cc2ccccc21. The number of quaternary nitrogens is 1. The molecule has 0 spiro atoms. The van der Waals surface area contributed by atoms with Crippen LogP contribution in [0.3, 0.4) is 0 Å². The maximum atomic E-state index is 2.35. The molecule has 1 aromatic rings. The van der Waals surface area contributed by atoms with E-state index in [0.29, 0.717) is 5.25 Å². The molecule has 0 saturated heterocycles. The molecule has 0 aliphatic carbocycles. The molecule has 0 saturated carbocycles. The van der Waals surface area contributed by atoms with Crippen molar-refractivity contribution in [3.63, 3.8) is 0 Å². The number of likely N-dealkylation sites (N-methyl/N-ethyl adjacent to an activating group) is 1. The Morgan fingerprint density at radius 1 is 1.00 bits per heavy atom. The number of hydrogen-bond donors (Lipinski definition) is 0. The Kier molecular flexibility index (Phi) is 6.55. The number of allylic oxidation sites excluding steroid dienone is 1. The van der Waals surface area contributed by atoms with Crippen LogP contribution in [0, 0.1) is 0 Å². The molecule has 23 heavy (non-hydrogen) atoms. The van der Waals surface area contributed by atoms with Gasteiger partial charge in [0.15, 0.2) is 0 Å². The minimum atomic E-state index is 0.568. The molecule has 0 radical (unpaired) electrons. The molecule has 0 fully saturated rings. The quantitative estimate of drug-likeness (QED) is 0.433. The van der Waals surface area contributed by atoms with Crippen molar-refractivity contribution in [3.8, 4) is 0 Å². The van der Waals surface area contributed by atoms with Gasteiger partial charge in [-0.25, -0.2) is 0 Å². The summed E-state index contributed by atoms with van der Waals surface area (Å²) in [6, 6.07) is 8.84. The lowest BCUT2D eigenvalue weighted by Crippen LogP contribution is -2.48. The number of rotatable bonds is 7. The summed E-state index contributed by atoms with van der Waals surface area (Å²) in [5.74, 6) is 0. The minimum absolute atomic E-state index is 0.568. The lowest BCUT2D eigenvalue weighted by Gasteiger charge is -2.36. The van der Waals surface area contributed by atoms with E-state index in [1.807, 2.05) is 11.8 Å². The summed E-state index contributed by atoms with van der Waals surface area (Å²) >= 11 is 1.97. The van der Waals surface area contributed by atoms with E-state index in [1.165, 1.54) is 41.8 Å². The van der Waals surface area contributed by atoms with Gasteiger partial charge in [0, 0.05) is 5.25 Å². The van der Waals surface area contributed by atoms with Crippen LogP contribution in [0.4, 0.5) is 0 Å². The zero-order valence-corrected chi connectivity index (χ0v) is 16.2. The van der Waals surface area contributed by atoms with E-state index in [0.717, 1.165) is 6.42 Å². The fourth-order valence-electron chi connectivity index (χ4n) is 3.49. The van der Waals surface area contributed by atoms with E-state index in [-0.39, 0.29) is 0 Å². The number of nitrogens with zero attached hydrogens (tertiary/aromatic N) is 1. The molecule has 1 aromatic carbocycles. The summed E-state index contributed by atoms with van der Waals surface area (Å²) in [6.07, 6.45) is 3.41. The molecule has 0 amide bonds. The second-order valence-electron chi connectivity index (χ2n) is 6.77. The molecule has 1 aliphatic heterocycles. The van der Waals surface area contributed by atoms with E-state index in [9.17, 15) is 0 Å². The summed E-state index contributed by atoms with van der Waals surface area (Å²) in [4.78, 5) is 0. The van der Waals surface area contributed by atoms with Gasteiger partial charge in [-0.05, 0) is 69.2 Å². The van der Waals surface area contributed by atoms with Crippen LogP contribution in [0.15, 0.2) is 40.8 Å². The van der Waals surface area contributed by atoms with Crippen molar-refractivity contribution in [3.05, 3.63) is 51.9 Å². The lowest BCUT2D eigenvalue weighted by molar-refractivity contribution is -0.918. The maximum Gasteiger partial charge on any atom is 0.100 e. The topological polar surface area (TPSA) is 0 Å². The van der Waals surface area contributed by atoms with Crippen LogP contribution in [0.25, 0.3) is 6.08 Å². The summed E-state index contributed by atoms with van der Waals surface area (Å²) in [5.41, 5.74) is 6.05. The summed E-state index contributed by atoms with van der Waals surface area (Å²) in [5, 5.41) is 2.83. The first-order chi connectivity index (χ1) is 11.0. The lowest BCUT2D eigenvalue weighted by atomic mass is 9.97. The monoisotopic (exact) mass is 330 g/mol. The number of fused-ring (bicyclic) bond motifs is 1. The Labute approximate surface area is 147 Å². The maximum absolute atomic E-state index is 2.35. The molecule has 1 unspecified atom stereocenters. The third-order valence-corrected chi connectivity index (χ3v) is 6.68. The van der Waals surface area contributed by atoms with Gasteiger partial charge in [-0.1, -0.05) is 29.8 Å². The largest absolute Gasteiger partial charge is 0.321 e. The van der Waals surface area contributed by atoms with Gasteiger partial charge in [0.05, 0.1) is 19.6 Å². The molecule has 2 heteroatoms. The van der Waals surface area contributed by atoms with Gasteiger partial charge in [0.2, 0.25) is 0 Å². The first-order valence-corrected chi connectivity index (χ1v) is 9.90. The van der Waals surface area contributed by atoms with E-state index in [1.54, 1.807) is 11.1 Å². The van der Waals surface area contributed by atoms with Crippen molar-refractivity contribution in [1.29, 1.82) is 0 Å². The highest BCUT2D eigenvalue weighted by Gasteiger charge is 2.23. The minimum Gasteiger partial charge on any atom is -0.321 e. The summed E-state index contributed by atoms with van der Waals surface area (Å²) in [6.45, 7) is 16.5. The highest BCUT2D eigenvalue weighted by molar-refractivity contribution is 8.02. The van der Waals surface area contributed by atoms with Crippen molar-refractivity contribution in [2.45, 2.75) is 46.3 Å². The highest BCUT2D eigenvalue weighted by Crippen LogP contribution is 2.41. The molecule has 1 aliphatic rings. The molecule has 126 valence electrons. The highest BCUT2D eigenvalue weighted by atomic mass is 32.2. The first-order valence-electron chi connectivity index (χ1n) is 8.96. The normalized spacial score (nSPS) is 18.6. The van der Waals surface area contributed by atoms with Crippen LogP contribution in [-0.2, 0) is 0 Å². The van der Waals surface area contributed by atoms with Crippen LogP contribution in [0.5, 0.6) is 0 Å². The Morgan fingerprint density at radius 3 is 2.30 bits per heavy atom. The van der Waals surface area contributed by atoms with Gasteiger partial charge in [0.25, 0.3) is 0 Å². The standard InChI is InChI=1S/C21H32NS/c1-6-22(7-2,8-3)16-18(5)17(4)15-21-20-12-10-9-11-19(20)13-14-23-21/h9-14,21H,6-8,15-16H2,1-5H3/q+1/b18-17-. The number of hydrogen-bond acceptors (Lipinski definition) is 1. The van der Waals surface area contributed by atoms with Crippen LogP contribution in [0.2, 0.25) is 0 Å². The van der Waals surface area contributed by atoms with E-state index < -0.39 is 0 Å². The third-order valence-electron chi connectivity index (χ3n) is 5.64. The molecule has 0 aromatic heterocycles. The van der Waals surface area contributed by atoms with Crippen LogP contribution >= 0.6 is 11.8 Å². The average Bonchev–Trinajstić information content (AvgIpc) is 2.60. The fraction of sp³-hybridized carbons (Fsp3) is 0.524. The molecular weight excluding hydrogens is 298 g/mol. The van der Waals surface area contributed by atoms with Gasteiger partial charge < -0.3 is 4.48 Å². The molecule has 1 atom stereocenters. The van der Waals surface area contributed by atoms with Gasteiger partial charge >= 0.3 is 0 Å². The predicted octanol–water partition coefficient (Wildman–Crippen LogP) is 6.05. The van der Waals surface area contributed by atoms with Gasteiger partial charge in [-0.2, -0.15) is 0 Å². The predicted molar refractivity (Wildman–Crippen MR) is 106 cm³/mol. The van der Waals surface area contributed by atoms with Crippen LogP contribution in [-0.4, -0.2) is 30.7 Å². The summed E-state index contributed by atoms with van der Waals surface area (Å²) in [7, 11) is 0. The van der Waals surface area contributed by atoms with Crippen molar-refractivity contribution < 1.29 is 4.48 Å². The smallest absolute Gasteiger partial charge is 0.100 e. The zero-order chi connectivity index (χ0) is 16.9. The van der Waals surface area contributed by atoms with Crippen molar-refractivity contribution >= 4 is 17.8 Å². The van der Waals surface area contributed by atoms with Gasteiger partial charge in [-0.3, -0.25) is 0 Å². The molecule has 2 rings (SSSR count). The van der Waals surface area contributed by atoms with Crippen LogP contribution in [0.1, 0.15) is 57.4 Å². The van der Waals surface area contributed by atoms with E-state index >= 15 is 0 Å². The Morgan fingerprint density at radius 2 is 1.65 bits per heavy atom. The third kappa shape index (κ3) is 4.30.